The van der Waals surface area contributed by atoms with E-state index in [1.165, 1.54) is 49.9 Å². The minimum atomic E-state index is 0.403. The van der Waals surface area contributed by atoms with Crippen LogP contribution in [0, 0.1) is 5.92 Å². The number of hydrogen-bond acceptors (Lipinski definition) is 3. The highest BCUT2D eigenvalue weighted by Crippen LogP contribution is 2.34. The first-order valence-electron chi connectivity index (χ1n) is 8.09. The summed E-state index contributed by atoms with van der Waals surface area (Å²) in [6.45, 7) is 3.76. The SMILES string of the molecule is Oc1ccc2c(c1)CCC2NCC1CCN(C2CC2)C1. The number of nitrogens with zero attached hydrogens (tertiary/aromatic N) is 1. The molecule has 0 radical (unpaired) electrons. The third-order valence-electron chi connectivity index (χ3n) is 5.24. The zero-order valence-corrected chi connectivity index (χ0v) is 12.0. The van der Waals surface area contributed by atoms with Gasteiger partial charge in [-0.3, -0.25) is 0 Å². The van der Waals surface area contributed by atoms with E-state index in [0.29, 0.717) is 11.8 Å². The first-order chi connectivity index (χ1) is 9.79. The fraction of sp³-hybridized carbons (Fsp3) is 0.647. The zero-order chi connectivity index (χ0) is 13.5. The Morgan fingerprint density at radius 3 is 2.95 bits per heavy atom. The molecule has 20 heavy (non-hydrogen) atoms. The van der Waals surface area contributed by atoms with Gasteiger partial charge in [0, 0.05) is 18.6 Å². The highest BCUT2D eigenvalue weighted by molar-refractivity contribution is 5.40. The Hall–Kier alpha value is -1.06. The quantitative estimate of drug-likeness (QED) is 0.884. The maximum absolute atomic E-state index is 9.55. The highest BCUT2D eigenvalue weighted by atomic mass is 16.3. The molecule has 2 fully saturated rings. The minimum absolute atomic E-state index is 0.403. The van der Waals surface area contributed by atoms with Crippen molar-refractivity contribution in [3.05, 3.63) is 29.3 Å². The molecule has 1 saturated heterocycles. The van der Waals surface area contributed by atoms with Gasteiger partial charge in [0.25, 0.3) is 0 Å². The molecule has 3 aliphatic rings. The van der Waals surface area contributed by atoms with Crippen molar-refractivity contribution < 1.29 is 5.11 Å². The highest BCUT2D eigenvalue weighted by Gasteiger charge is 2.34. The zero-order valence-electron chi connectivity index (χ0n) is 12.0. The maximum Gasteiger partial charge on any atom is 0.115 e. The van der Waals surface area contributed by atoms with Gasteiger partial charge in [-0.1, -0.05) is 6.07 Å². The number of aryl methyl sites for hydroxylation is 1. The summed E-state index contributed by atoms with van der Waals surface area (Å²) < 4.78 is 0. The molecule has 2 N–H and O–H groups in total. The summed E-state index contributed by atoms with van der Waals surface area (Å²) in [6, 6.07) is 7.28. The van der Waals surface area contributed by atoms with E-state index < -0.39 is 0 Å². The van der Waals surface area contributed by atoms with Crippen LogP contribution < -0.4 is 5.32 Å². The first-order valence-corrected chi connectivity index (χ1v) is 8.09. The molecule has 1 saturated carbocycles. The van der Waals surface area contributed by atoms with Crippen LogP contribution in [0.5, 0.6) is 5.75 Å². The summed E-state index contributed by atoms with van der Waals surface area (Å²) in [7, 11) is 0. The second-order valence-corrected chi connectivity index (χ2v) is 6.76. The summed E-state index contributed by atoms with van der Waals surface area (Å²) in [5.41, 5.74) is 2.73. The lowest BCUT2D eigenvalue weighted by Crippen LogP contribution is -2.29. The maximum atomic E-state index is 9.55. The Morgan fingerprint density at radius 1 is 1.20 bits per heavy atom. The number of hydrogen-bond donors (Lipinski definition) is 2. The molecular formula is C17H24N2O. The Kier molecular flexibility index (Phi) is 3.20. The predicted molar refractivity (Wildman–Crippen MR) is 79.9 cm³/mol. The molecular weight excluding hydrogens is 248 g/mol. The van der Waals surface area contributed by atoms with Gasteiger partial charge in [0.05, 0.1) is 0 Å². The lowest BCUT2D eigenvalue weighted by Gasteiger charge is -2.18. The number of rotatable bonds is 4. The van der Waals surface area contributed by atoms with E-state index in [-0.39, 0.29) is 0 Å². The van der Waals surface area contributed by atoms with Crippen molar-refractivity contribution in [3.63, 3.8) is 0 Å². The summed E-state index contributed by atoms with van der Waals surface area (Å²) in [5, 5.41) is 13.3. The Morgan fingerprint density at radius 2 is 2.10 bits per heavy atom. The molecule has 0 amide bonds. The fourth-order valence-electron chi connectivity index (χ4n) is 3.93. The van der Waals surface area contributed by atoms with Crippen molar-refractivity contribution in [2.75, 3.05) is 19.6 Å². The molecule has 1 aromatic carbocycles. The molecule has 2 unspecified atom stereocenters. The third-order valence-corrected chi connectivity index (χ3v) is 5.24. The van der Waals surface area contributed by atoms with Crippen molar-refractivity contribution in [3.8, 4) is 5.75 Å². The van der Waals surface area contributed by atoms with Crippen LogP contribution in [0.15, 0.2) is 18.2 Å². The molecule has 4 rings (SSSR count). The lowest BCUT2D eigenvalue weighted by atomic mass is 10.1. The number of fused-ring (bicyclic) bond motifs is 1. The van der Waals surface area contributed by atoms with E-state index in [4.69, 9.17) is 0 Å². The molecule has 108 valence electrons. The number of nitrogens with one attached hydrogen (secondary N) is 1. The molecule has 1 heterocycles. The number of aromatic hydroxyl groups is 1. The molecule has 0 spiro atoms. The number of likely N-dealkylation sites (tertiary alicyclic amines) is 1. The van der Waals surface area contributed by atoms with Gasteiger partial charge in [-0.15, -0.1) is 0 Å². The fourth-order valence-corrected chi connectivity index (χ4v) is 3.93. The van der Waals surface area contributed by atoms with Crippen LogP contribution in [-0.2, 0) is 6.42 Å². The minimum Gasteiger partial charge on any atom is -0.508 e. The lowest BCUT2D eigenvalue weighted by molar-refractivity contribution is 0.309. The van der Waals surface area contributed by atoms with E-state index in [0.717, 1.165) is 24.9 Å². The van der Waals surface area contributed by atoms with Crippen LogP contribution in [0.25, 0.3) is 0 Å². The van der Waals surface area contributed by atoms with Crippen molar-refractivity contribution in [1.29, 1.82) is 0 Å². The average molecular weight is 272 g/mol. The van der Waals surface area contributed by atoms with E-state index in [1.54, 1.807) is 0 Å². The molecule has 1 aromatic rings. The molecule has 3 nitrogen and oxygen atoms in total. The Labute approximate surface area is 121 Å². The molecule has 3 heteroatoms. The molecule has 0 aromatic heterocycles. The second-order valence-electron chi connectivity index (χ2n) is 6.76. The largest absolute Gasteiger partial charge is 0.508 e. The first kappa shape index (κ1) is 12.7. The smallest absolute Gasteiger partial charge is 0.115 e. The van der Waals surface area contributed by atoms with Gasteiger partial charge in [0.1, 0.15) is 5.75 Å². The average Bonchev–Trinajstić information content (AvgIpc) is 3.06. The van der Waals surface area contributed by atoms with Gasteiger partial charge in [0.15, 0.2) is 0 Å². The summed E-state index contributed by atoms with van der Waals surface area (Å²) in [6.07, 6.45) is 6.50. The van der Waals surface area contributed by atoms with Gasteiger partial charge < -0.3 is 15.3 Å². The van der Waals surface area contributed by atoms with Crippen LogP contribution >= 0.6 is 0 Å². The monoisotopic (exact) mass is 272 g/mol. The Balaban J connectivity index is 1.33. The summed E-state index contributed by atoms with van der Waals surface area (Å²) in [5.74, 6) is 1.23. The van der Waals surface area contributed by atoms with Crippen molar-refractivity contribution >= 4 is 0 Å². The van der Waals surface area contributed by atoms with Crippen molar-refractivity contribution in [1.82, 2.24) is 10.2 Å². The van der Waals surface area contributed by atoms with Crippen molar-refractivity contribution in [2.24, 2.45) is 5.92 Å². The van der Waals surface area contributed by atoms with E-state index in [9.17, 15) is 5.11 Å². The van der Waals surface area contributed by atoms with Gasteiger partial charge in [-0.2, -0.15) is 0 Å². The topological polar surface area (TPSA) is 35.5 Å². The molecule has 0 bridgehead atoms. The van der Waals surface area contributed by atoms with Gasteiger partial charge in [-0.05, 0) is 74.4 Å². The van der Waals surface area contributed by atoms with E-state index in [1.807, 2.05) is 12.1 Å². The summed E-state index contributed by atoms with van der Waals surface area (Å²) in [4.78, 5) is 2.69. The number of phenols is 1. The number of benzene rings is 1. The van der Waals surface area contributed by atoms with E-state index in [2.05, 4.69) is 16.3 Å². The van der Waals surface area contributed by atoms with Gasteiger partial charge in [-0.25, -0.2) is 0 Å². The molecule has 2 atom stereocenters. The number of phenolic OH excluding ortho intramolecular Hbond substituents is 1. The van der Waals surface area contributed by atoms with Gasteiger partial charge in [0.2, 0.25) is 0 Å². The molecule has 2 aliphatic carbocycles. The van der Waals surface area contributed by atoms with Crippen molar-refractivity contribution in [2.45, 2.75) is 44.2 Å². The predicted octanol–water partition coefficient (Wildman–Crippen LogP) is 2.45. The van der Waals surface area contributed by atoms with E-state index >= 15 is 0 Å². The van der Waals surface area contributed by atoms with Crippen LogP contribution in [0.1, 0.15) is 42.9 Å². The van der Waals surface area contributed by atoms with Crippen LogP contribution in [0.4, 0.5) is 0 Å². The van der Waals surface area contributed by atoms with Gasteiger partial charge >= 0.3 is 0 Å². The normalized spacial score (nSPS) is 29.8. The van der Waals surface area contributed by atoms with Crippen LogP contribution in [-0.4, -0.2) is 35.7 Å². The third kappa shape index (κ3) is 2.45. The van der Waals surface area contributed by atoms with Crippen LogP contribution in [0.2, 0.25) is 0 Å². The van der Waals surface area contributed by atoms with Crippen LogP contribution in [0.3, 0.4) is 0 Å². The summed E-state index contributed by atoms with van der Waals surface area (Å²) >= 11 is 0. The molecule has 1 aliphatic heterocycles. The Bertz CT molecular complexity index is 498. The second kappa shape index (κ2) is 5.05. The standard InChI is InChI=1S/C17H24N2O/c20-15-4-5-16-13(9-15)1-6-17(16)18-10-12-7-8-19(11-12)14-2-3-14/h4-5,9,12,14,17-18,20H,1-3,6-8,10-11H2.